The lowest BCUT2D eigenvalue weighted by molar-refractivity contribution is -0.164. The van der Waals surface area contributed by atoms with Crippen LogP contribution in [0.15, 0.2) is 35.2 Å². The van der Waals surface area contributed by atoms with Gasteiger partial charge in [0.1, 0.15) is 18.3 Å². The second kappa shape index (κ2) is 9.52. The van der Waals surface area contributed by atoms with E-state index >= 15 is 0 Å². The zero-order valence-electron chi connectivity index (χ0n) is 11.7. The normalized spacial score (nSPS) is 16.4. The number of aliphatic hydroxyl groups excluding tert-OH is 5. The molecule has 10 nitrogen and oxygen atoms in total. The Labute approximate surface area is 131 Å². The van der Waals surface area contributed by atoms with Crippen LogP contribution < -0.4 is 0 Å². The average molecular weight is 354 g/mol. The molecule has 4 atom stereocenters. The van der Waals surface area contributed by atoms with Crippen molar-refractivity contribution < 1.29 is 48.4 Å². The highest BCUT2D eigenvalue weighted by molar-refractivity contribution is 7.85. The van der Waals surface area contributed by atoms with Crippen molar-refractivity contribution in [2.45, 2.75) is 29.3 Å². The van der Waals surface area contributed by atoms with Crippen LogP contribution in [0.3, 0.4) is 0 Å². The molecule has 0 aliphatic rings. The van der Waals surface area contributed by atoms with Gasteiger partial charge in [-0.2, -0.15) is 8.42 Å². The predicted molar refractivity (Wildman–Crippen MR) is 75.0 cm³/mol. The maximum absolute atomic E-state index is 10.4. The van der Waals surface area contributed by atoms with Gasteiger partial charge in [-0.3, -0.25) is 4.55 Å². The fourth-order valence-corrected chi connectivity index (χ4v) is 1.76. The van der Waals surface area contributed by atoms with Crippen LogP contribution in [0, 0.1) is 0 Å². The van der Waals surface area contributed by atoms with Gasteiger partial charge in [0, 0.05) is 0 Å². The number of carboxylic acid groups (broad SMARTS) is 1. The van der Waals surface area contributed by atoms with Crippen molar-refractivity contribution in [3.8, 4) is 0 Å². The van der Waals surface area contributed by atoms with E-state index in [-0.39, 0.29) is 4.90 Å². The highest BCUT2D eigenvalue weighted by Gasteiger charge is 2.33. The van der Waals surface area contributed by atoms with Crippen LogP contribution in [0.5, 0.6) is 0 Å². The van der Waals surface area contributed by atoms with Gasteiger partial charge in [-0.05, 0) is 12.1 Å². The molecule has 0 aliphatic heterocycles. The lowest BCUT2D eigenvalue weighted by Gasteiger charge is -2.23. The third-order valence-electron chi connectivity index (χ3n) is 2.55. The summed E-state index contributed by atoms with van der Waals surface area (Å²) in [5.74, 6) is -1.73. The van der Waals surface area contributed by atoms with E-state index in [0.717, 1.165) is 0 Å². The van der Waals surface area contributed by atoms with E-state index in [2.05, 4.69) is 0 Å². The summed E-state index contributed by atoms with van der Waals surface area (Å²) in [7, 11) is -4.00. The minimum Gasteiger partial charge on any atom is -0.479 e. The summed E-state index contributed by atoms with van der Waals surface area (Å²) in [5, 5.41) is 51.8. The van der Waals surface area contributed by atoms with Crippen LogP contribution in [-0.4, -0.2) is 80.6 Å². The molecule has 0 radical (unpaired) electrons. The highest BCUT2D eigenvalue weighted by Crippen LogP contribution is 2.05. The van der Waals surface area contributed by atoms with Crippen LogP contribution in [0.25, 0.3) is 0 Å². The molecule has 1 rings (SSSR count). The second-order valence-corrected chi connectivity index (χ2v) is 5.72. The molecule has 0 heterocycles. The lowest BCUT2D eigenvalue weighted by atomic mass is 10.0. The fraction of sp³-hybridized carbons (Fsp3) is 0.417. The molecular formula is C12H18O10S. The number of carbonyl (C=O) groups is 1. The molecular weight excluding hydrogens is 336 g/mol. The van der Waals surface area contributed by atoms with Crippen LogP contribution in [0.1, 0.15) is 0 Å². The first-order valence-corrected chi connectivity index (χ1v) is 7.54. The summed E-state index contributed by atoms with van der Waals surface area (Å²) in [6, 6.07) is 7.42. The Morgan fingerprint density at radius 1 is 1.00 bits per heavy atom. The molecule has 0 bridgehead atoms. The van der Waals surface area contributed by atoms with Crippen molar-refractivity contribution in [2.24, 2.45) is 0 Å². The first kappa shape index (κ1) is 21.4. The van der Waals surface area contributed by atoms with Crippen molar-refractivity contribution in [2.75, 3.05) is 6.61 Å². The second-order valence-electron chi connectivity index (χ2n) is 4.30. The fourth-order valence-electron chi connectivity index (χ4n) is 1.26. The van der Waals surface area contributed by atoms with E-state index in [1.165, 1.54) is 12.1 Å². The third-order valence-corrected chi connectivity index (χ3v) is 3.42. The number of aliphatic carboxylic acids is 1. The molecule has 0 saturated heterocycles. The molecule has 0 unspecified atom stereocenters. The standard InChI is InChI=1S/C6H12O7.C6H6O3S/c7-1-2(8)3(9)4(10)5(11)6(12)13;7-10(8,9)6-4-2-1-3-5-6/h2-5,7-11H,1H2,(H,12,13);1-5H,(H,7,8,9)/t2-,3-,4+,5-;/m1./s1. The molecule has 132 valence electrons. The molecule has 0 amide bonds. The van der Waals surface area contributed by atoms with Gasteiger partial charge in [0.05, 0.1) is 11.5 Å². The van der Waals surface area contributed by atoms with Gasteiger partial charge in [-0.25, -0.2) is 4.79 Å². The third kappa shape index (κ3) is 7.47. The minimum absolute atomic E-state index is 0.0741. The summed E-state index contributed by atoms with van der Waals surface area (Å²) in [5.41, 5.74) is 0. The van der Waals surface area contributed by atoms with Gasteiger partial charge < -0.3 is 30.6 Å². The summed E-state index contributed by atoms with van der Waals surface area (Å²) < 4.78 is 29.2. The van der Waals surface area contributed by atoms with Gasteiger partial charge >= 0.3 is 5.97 Å². The van der Waals surface area contributed by atoms with E-state index in [1.54, 1.807) is 18.2 Å². The maximum Gasteiger partial charge on any atom is 0.335 e. The van der Waals surface area contributed by atoms with Gasteiger partial charge in [0.15, 0.2) is 6.10 Å². The monoisotopic (exact) mass is 354 g/mol. The molecule has 7 N–H and O–H groups in total. The van der Waals surface area contributed by atoms with Gasteiger partial charge in [-0.1, -0.05) is 18.2 Å². The molecule has 0 aliphatic carbocycles. The average Bonchev–Trinajstić information content (AvgIpc) is 2.52. The topological polar surface area (TPSA) is 193 Å². The van der Waals surface area contributed by atoms with E-state index in [0.29, 0.717) is 0 Å². The number of hydrogen-bond donors (Lipinski definition) is 7. The number of rotatable bonds is 6. The Balaban J connectivity index is 0.000000433. The summed E-state index contributed by atoms with van der Waals surface area (Å²) >= 11 is 0. The maximum atomic E-state index is 10.4. The number of hydrogen-bond acceptors (Lipinski definition) is 8. The molecule has 0 aromatic heterocycles. The lowest BCUT2D eigenvalue weighted by Crippen LogP contribution is -2.48. The number of benzene rings is 1. The zero-order chi connectivity index (χ0) is 18.2. The Bertz CT molecular complexity index is 573. The van der Waals surface area contributed by atoms with Gasteiger partial charge in [-0.15, -0.1) is 0 Å². The first-order chi connectivity index (χ1) is 10.5. The van der Waals surface area contributed by atoms with Crippen molar-refractivity contribution in [1.82, 2.24) is 0 Å². The van der Waals surface area contributed by atoms with E-state index in [4.69, 9.17) is 35.2 Å². The van der Waals surface area contributed by atoms with Crippen molar-refractivity contribution in [3.05, 3.63) is 30.3 Å². The Hall–Kier alpha value is -1.60. The SMILES string of the molecule is O=C(O)[C@H](O)[C@@H](O)[C@H](O)[C@H](O)CO.O=S(=O)(O)c1ccccc1. The smallest absolute Gasteiger partial charge is 0.335 e. The van der Waals surface area contributed by atoms with Crippen molar-refractivity contribution in [3.63, 3.8) is 0 Å². The molecule has 11 heteroatoms. The molecule has 0 spiro atoms. The van der Waals surface area contributed by atoms with Crippen molar-refractivity contribution >= 4 is 16.1 Å². The summed E-state index contributed by atoms with van der Waals surface area (Å²) in [6.07, 6.45) is -7.84. The van der Waals surface area contributed by atoms with Crippen LogP contribution in [-0.2, 0) is 14.9 Å². The van der Waals surface area contributed by atoms with E-state index in [1.807, 2.05) is 0 Å². The van der Waals surface area contributed by atoms with E-state index in [9.17, 15) is 13.2 Å². The van der Waals surface area contributed by atoms with Crippen LogP contribution in [0.2, 0.25) is 0 Å². The largest absolute Gasteiger partial charge is 0.479 e. The summed E-state index contributed by atoms with van der Waals surface area (Å²) in [4.78, 5) is 10.0. The minimum atomic E-state index is -4.00. The molecule has 0 fully saturated rings. The highest BCUT2D eigenvalue weighted by atomic mass is 32.2. The number of aliphatic hydroxyl groups is 5. The van der Waals surface area contributed by atoms with Crippen molar-refractivity contribution in [1.29, 1.82) is 0 Å². The zero-order valence-corrected chi connectivity index (χ0v) is 12.5. The van der Waals surface area contributed by atoms with Crippen LogP contribution >= 0.6 is 0 Å². The van der Waals surface area contributed by atoms with Gasteiger partial charge in [0.25, 0.3) is 10.1 Å². The molecule has 0 saturated carbocycles. The molecule has 1 aromatic carbocycles. The summed E-state index contributed by atoms with van der Waals surface area (Å²) in [6.45, 7) is -0.843. The quantitative estimate of drug-likeness (QED) is 0.267. The molecule has 1 aromatic rings. The molecule has 23 heavy (non-hydrogen) atoms. The van der Waals surface area contributed by atoms with Gasteiger partial charge in [0.2, 0.25) is 0 Å². The Kier molecular flexibility index (Phi) is 8.86. The Morgan fingerprint density at radius 3 is 1.78 bits per heavy atom. The Morgan fingerprint density at radius 2 is 1.48 bits per heavy atom. The van der Waals surface area contributed by atoms with Crippen LogP contribution in [0.4, 0.5) is 0 Å². The predicted octanol–water partition coefficient (Wildman–Crippen LogP) is -2.56. The first-order valence-electron chi connectivity index (χ1n) is 6.10. The number of carboxylic acids is 1. The van der Waals surface area contributed by atoms with E-state index < -0.39 is 47.1 Å².